The minimum atomic E-state index is -0.696. The third-order valence-electron chi connectivity index (χ3n) is 4.41. The second-order valence-electron chi connectivity index (χ2n) is 6.65. The molecule has 5 heteroatoms. The molecule has 1 fully saturated rings. The summed E-state index contributed by atoms with van der Waals surface area (Å²) in [5, 5.41) is 10.3. The van der Waals surface area contributed by atoms with Gasteiger partial charge >= 0.3 is 5.97 Å². The molecule has 1 heterocycles. The number of carbonyl (C=O) groups excluding carboxylic acids is 1. The van der Waals surface area contributed by atoms with Crippen LogP contribution in [0, 0.1) is 19.7 Å². The van der Waals surface area contributed by atoms with Crippen molar-refractivity contribution in [2.45, 2.75) is 38.9 Å². The predicted octanol–water partition coefficient (Wildman–Crippen LogP) is 4.84. The molecule has 1 aliphatic heterocycles. The summed E-state index contributed by atoms with van der Waals surface area (Å²) in [7, 11) is 0. The van der Waals surface area contributed by atoms with E-state index < -0.39 is 18.2 Å². The number of esters is 1. The van der Waals surface area contributed by atoms with Crippen molar-refractivity contribution in [3.8, 4) is 11.1 Å². The molecule has 3 nitrogen and oxygen atoms in total. The second kappa shape index (κ2) is 7.60. The number of aliphatic hydroxyl groups excluding tert-OH is 1. The van der Waals surface area contributed by atoms with E-state index in [4.69, 9.17) is 16.3 Å². The SMILES string of the molecule is Cc1cc(Cl)c(/C=C/[C@@H]2C[C@@H](O)CC(=O)O2)c(-c2ccc(F)c(C)c2)c1. The average Bonchev–Trinajstić information content (AvgIpc) is 2.55. The number of ether oxygens (including phenoxy) is 1. The lowest BCUT2D eigenvalue weighted by atomic mass is 9.95. The molecule has 26 heavy (non-hydrogen) atoms. The summed E-state index contributed by atoms with van der Waals surface area (Å²) in [5.74, 6) is -0.671. The fraction of sp³-hybridized carbons (Fsp3) is 0.286. The molecule has 2 aromatic carbocycles. The summed E-state index contributed by atoms with van der Waals surface area (Å²) >= 11 is 6.45. The Hall–Kier alpha value is -2.17. The first kappa shape index (κ1) is 18.6. The van der Waals surface area contributed by atoms with Crippen molar-refractivity contribution in [3.05, 3.63) is 63.9 Å². The number of benzene rings is 2. The zero-order chi connectivity index (χ0) is 18.8. The van der Waals surface area contributed by atoms with Crippen LogP contribution >= 0.6 is 11.6 Å². The van der Waals surface area contributed by atoms with Crippen molar-refractivity contribution in [2.75, 3.05) is 0 Å². The number of carbonyl (C=O) groups is 1. The summed E-state index contributed by atoms with van der Waals surface area (Å²) in [6, 6.07) is 8.77. The molecule has 3 rings (SSSR count). The number of rotatable bonds is 3. The molecular weight excluding hydrogens is 355 g/mol. The van der Waals surface area contributed by atoms with Crippen LogP contribution in [-0.4, -0.2) is 23.3 Å². The number of cyclic esters (lactones) is 1. The highest BCUT2D eigenvalue weighted by Gasteiger charge is 2.25. The lowest BCUT2D eigenvalue weighted by Gasteiger charge is -2.23. The predicted molar refractivity (Wildman–Crippen MR) is 100 cm³/mol. The van der Waals surface area contributed by atoms with Crippen LogP contribution in [0.15, 0.2) is 36.4 Å². The first-order valence-corrected chi connectivity index (χ1v) is 8.83. The highest BCUT2D eigenvalue weighted by molar-refractivity contribution is 6.32. The van der Waals surface area contributed by atoms with Gasteiger partial charge < -0.3 is 9.84 Å². The summed E-state index contributed by atoms with van der Waals surface area (Å²) < 4.78 is 18.9. The number of aliphatic hydroxyl groups is 1. The molecule has 0 unspecified atom stereocenters. The smallest absolute Gasteiger partial charge is 0.309 e. The Balaban J connectivity index is 1.99. The van der Waals surface area contributed by atoms with Crippen molar-refractivity contribution in [1.29, 1.82) is 0 Å². The van der Waals surface area contributed by atoms with E-state index in [9.17, 15) is 14.3 Å². The van der Waals surface area contributed by atoms with E-state index in [1.807, 2.05) is 19.1 Å². The molecule has 0 aliphatic carbocycles. The Morgan fingerprint density at radius 1 is 1.27 bits per heavy atom. The van der Waals surface area contributed by atoms with Gasteiger partial charge in [-0.3, -0.25) is 4.79 Å². The number of hydrogen-bond donors (Lipinski definition) is 1. The quantitative estimate of drug-likeness (QED) is 0.782. The normalized spacial score (nSPS) is 20.4. The minimum Gasteiger partial charge on any atom is -0.458 e. The van der Waals surface area contributed by atoms with Gasteiger partial charge in [-0.25, -0.2) is 4.39 Å². The zero-order valence-corrected chi connectivity index (χ0v) is 15.4. The Morgan fingerprint density at radius 2 is 2.04 bits per heavy atom. The molecule has 2 aromatic rings. The van der Waals surface area contributed by atoms with Crippen LogP contribution in [0.2, 0.25) is 5.02 Å². The molecule has 1 aliphatic rings. The van der Waals surface area contributed by atoms with E-state index in [2.05, 4.69) is 0 Å². The topological polar surface area (TPSA) is 46.5 Å². The number of halogens is 2. The van der Waals surface area contributed by atoms with E-state index in [-0.39, 0.29) is 12.2 Å². The first-order valence-electron chi connectivity index (χ1n) is 8.46. The summed E-state index contributed by atoms with van der Waals surface area (Å²) in [6.45, 7) is 3.66. The maximum absolute atomic E-state index is 13.6. The van der Waals surface area contributed by atoms with Crippen LogP contribution in [0.25, 0.3) is 17.2 Å². The Kier molecular flexibility index (Phi) is 5.44. The van der Waals surface area contributed by atoms with Gasteiger partial charge in [-0.15, -0.1) is 0 Å². The van der Waals surface area contributed by atoms with Gasteiger partial charge in [0.1, 0.15) is 11.9 Å². The van der Waals surface area contributed by atoms with Crippen molar-refractivity contribution in [1.82, 2.24) is 0 Å². The maximum Gasteiger partial charge on any atom is 0.309 e. The van der Waals surface area contributed by atoms with E-state index in [0.717, 1.165) is 22.3 Å². The van der Waals surface area contributed by atoms with Gasteiger partial charge in [-0.1, -0.05) is 29.8 Å². The molecule has 1 saturated heterocycles. The molecule has 0 amide bonds. The van der Waals surface area contributed by atoms with E-state index in [0.29, 0.717) is 17.0 Å². The molecule has 0 radical (unpaired) electrons. The molecule has 0 aromatic heterocycles. The van der Waals surface area contributed by atoms with Crippen LogP contribution in [0.1, 0.15) is 29.5 Å². The molecule has 136 valence electrons. The summed E-state index contributed by atoms with van der Waals surface area (Å²) in [6.07, 6.45) is 2.72. The fourth-order valence-corrected chi connectivity index (χ4v) is 3.44. The maximum atomic E-state index is 13.6. The zero-order valence-electron chi connectivity index (χ0n) is 14.6. The van der Waals surface area contributed by atoms with Gasteiger partial charge in [-0.05, 0) is 60.4 Å². The number of hydrogen-bond acceptors (Lipinski definition) is 3. The highest BCUT2D eigenvalue weighted by atomic mass is 35.5. The Labute approximate surface area is 157 Å². The monoisotopic (exact) mass is 374 g/mol. The highest BCUT2D eigenvalue weighted by Crippen LogP contribution is 2.33. The number of aryl methyl sites for hydroxylation is 2. The lowest BCUT2D eigenvalue weighted by molar-refractivity contribution is -0.156. The lowest BCUT2D eigenvalue weighted by Crippen LogP contribution is -2.31. The van der Waals surface area contributed by atoms with Gasteiger partial charge in [0.15, 0.2) is 0 Å². The second-order valence-corrected chi connectivity index (χ2v) is 7.06. The summed E-state index contributed by atoms with van der Waals surface area (Å²) in [5.41, 5.74) is 4.04. The van der Waals surface area contributed by atoms with Crippen molar-refractivity contribution >= 4 is 23.6 Å². The largest absolute Gasteiger partial charge is 0.458 e. The van der Waals surface area contributed by atoms with Crippen LogP contribution in [-0.2, 0) is 9.53 Å². The van der Waals surface area contributed by atoms with Gasteiger partial charge in [0.25, 0.3) is 0 Å². The molecule has 1 N–H and O–H groups in total. The first-order chi connectivity index (χ1) is 12.3. The van der Waals surface area contributed by atoms with Gasteiger partial charge in [0, 0.05) is 17.0 Å². The Bertz CT molecular complexity index is 876. The van der Waals surface area contributed by atoms with Crippen molar-refractivity contribution in [2.24, 2.45) is 0 Å². The fourth-order valence-electron chi connectivity index (χ4n) is 3.10. The third-order valence-corrected chi connectivity index (χ3v) is 4.72. The van der Waals surface area contributed by atoms with Gasteiger partial charge in [0.05, 0.1) is 12.5 Å². The van der Waals surface area contributed by atoms with Crippen molar-refractivity contribution in [3.63, 3.8) is 0 Å². The van der Waals surface area contributed by atoms with E-state index >= 15 is 0 Å². The van der Waals surface area contributed by atoms with E-state index in [1.165, 1.54) is 6.07 Å². The molecular formula is C21H20ClFO3. The van der Waals surface area contributed by atoms with E-state index in [1.54, 1.807) is 31.2 Å². The van der Waals surface area contributed by atoms with Gasteiger partial charge in [-0.2, -0.15) is 0 Å². The third kappa shape index (κ3) is 4.14. The average molecular weight is 375 g/mol. The standard InChI is InChI=1S/C21H20ClFO3/c1-12-7-18(14-3-6-20(23)13(2)9-14)17(19(22)8-12)5-4-16-10-15(24)11-21(25)26-16/h3-9,15-16,24H,10-11H2,1-2H3/b5-4+/t15-,16-/m1/s1. The van der Waals surface area contributed by atoms with Crippen LogP contribution < -0.4 is 0 Å². The molecule has 2 atom stereocenters. The Morgan fingerprint density at radius 3 is 2.73 bits per heavy atom. The molecule has 0 bridgehead atoms. The van der Waals surface area contributed by atoms with Crippen molar-refractivity contribution < 1.29 is 19.0 Å². The van der Waals surface area contributed by atoms with Crippen LogP contribution in [0.3, 0.4) is 0 Å². The summed E-state index contributed by atoms with van der Waals surface area (Å²) in [4.78, 5) is 11.5. The van der Waals surface area contributed by atoms with Crippen LogP contribution in [0.5, 0.6) is 0 Å². The van der Waals surface area contributed by atoms with Gasteiger partial charge in [0.2, 0.25) is 0 Å². The molecule has 0 spiro atoms. The minimum absolute atomic E-state index is 0.0235. The molecule has 0 saturated carbocycles. The van der Waals surface area contributed by atoms with Crippen LogP contribution in [0.4, 0.5) is 4.39 Å².